The summed E-state index contributed by atoms with van der Waals surface area (Å²) >= 11 is 4.09. The van der Waals surface area contributed by atoms with Crippen molar-refractivity contribution in [1.29, 1.82) is 0 Å². The van der Waals surface area contributed by atoms with Gasteiger partial charge in [-0.05, 0) is 58.5 Å². The fraction of sp³-hybridized carbons (Fsp3) is 0.500. The van der Waals surface area contributed by atoms with Gasteiger partial charge < -0.3 is 0 Å². The second-order valence-corrected chi connectivity index (χ2v) is 8.14. The number of halogens is 1. The lowest BCUT2D eigenvalue weighted by Crippen LogP contribution is -2.29. The Balaban J connectivity index is 1.69. The highest BCUT2D eigenvalue weighted by atomic mass is 127. The highest BCUT2D eigenvalue weighted by Gasteiger charge is 2.19. The van der Waals surface area contributed by atoms with Gasteiger partial charge in [-0.1, -0.05) is 12.8 Å². The molecular formula is C14H19IN4S. The van der Waals surface area contributed by atoms with Crippen molar-refractivity contribution in [3.05, 3.63) is 37.9 Å². The maximum atomic E-state index is 5.71. The largest absolute Gasteiger partial charge is 0.271 e. The summed E-state index contributed by atoms with van der Waals surface area (Å²) in [4.78, 5) is 0. The van der Waals surface area contributed by atoms with Gasteiger partial charge in [0.1, 0.15) is 0 Å². The van der Waals surface area contributed by atoms with Gasteiger partial charge in [0.25, 0.3) is 0 Å². The maximum Gasteiger partial charge on any atom is 0.0656 e. The minimum absolute atomic E-state index is 0.140. The fourth-order valence-electron chi connectivity index (χ4n) is 2.85. The molecule has 2 aromatic rings. The smallest absolute Gasteiger partial charge is 0.0656 e. The first kappa shape index (κ1) is 14.5. The lowest BCUT2D eigenvalue weighted by molar-refractivity contribution is 0.457. The number of nitrogens with zero attached hydrogens (tertiary/aromatic N) is 2. The van der Waals surface area contributed by atoms with E-state index < -0.39 is 0 Å². The number of thiophene rings is 1. The van der Waals surface area contributed by atoms with E-state index in [1.807, 2.05) is 0 Å². The molecule has 20 heavy (non-hydrogen) atoms. The number of hydrogen-bond donors (Lipinski definition) is 2. The predicted molar refractivity (Wildman–Crippen MR) is 90.5 cm³/mol. The SMILES string of the molecule is NNC(Cc1ccn(C2CCCC2)n1)c1csc(I)c1. The van der Waals surface area contributed by atoms with E-state index in [4.69, 9.17) is 10.9 Å². The Morgan fingerprint density at radius 2 is 2.30 bits per heavy atom. The number of nitrogens with one attached hydrogen (secondary N) is 1. The van der Waals surface area contributed by atoms with Gasteiger partial charge in [-0.25, -0.2) is 0 Å². The Hall–Kier alpha value is -0.440. The molecule has 108 valence electrons. The van der Waals surface area contributed by atoms with Gasteiger partial charge in [-0.2, -0.15) is 5.10 Å². The Labute approximate surface area is 136 Å². The molecule has 1 aliphatic carbocycles. The van der Waals surface area contributed by atoms with Crippen LogP contribution in [0.3, 0.4) is 0 Å². The molecule has 0 spiro atoms. The van der Waals surface area contributed by atoms with E-state index in [2.05, 4.69) is 56.4 Å². The quantitative estimate of drug-likeness (QED) is 0.458. The Morgan fingerprint density at radius 3 is 2.95 bits per heavy atom. The molecule has 6 heteroatoms. The number of hydrogen-bond acceptors (Lipinski definition) is 4. The van der Waals surface area contributed by atoms with Crippen LogP contribution >= 0.6 is 33.9 Å². The first-order valence-corrected chi connectivity index (χ1v) is 8.96. The highest BCUT2D eigenvalue weighted by Crippen LogP contribution is 2.29. The molecule has 0 bridgehead atoms. The van der Waals surface area contributed by atoms with Crippen molar-refractivity contribution in [3.8, 4) is 0 Å². The molecule has 1 fully saturated rings. The summed E-state index contributed by atoms with van der Waals surface area (Å²) in [7, 11) is 0. The van der Waals surface area contributed by atoms with E-state index in [0.29, 0.717) is 6.04 Å². The van der Waals surface area contributed by atoms with E-state index in [1.54, 1.807) is 11.3 Å². The van der Waals surface area contributed by atoms with Crippen LogP contribution in [0.5, 0.6) is 0 Å². The first-order chi connectivity index (χ1) is 9.76. The monoisotopic (exact) mass is 402 g/mol. The van der Waals surface area contributed by atoms with Crippen molar-refractivity contribution in [2.24, 2.45) is 5.84 Å². The summed E-state index contributed by atoms with van der Waals surface area (Å²) in [6, 6.07) is 5.06. The molecule has 0 aliphatic heterocycles. The molecule has 3 N–H and O–H groups in total. The third-order valence-electron chi connectivity index (χ3n) is 3.97. The van der Waals surface area contributed by atoms with Crippen LogP contribution in [0.25, 0.3) is 0 Å². The van der Waals surface area contributed by atoms with Gasteiger partial charge in [0.2, 0.25) is 0 Å². The summed E-state index contributed by atoms with van der Waals surface area (Å²) in [6.45, 7) is 0. The zero-order valence-corrected chi connectivity index (χ0v) is 14.2. The van der Waals surface area contributed by atoms with Gasteiger partial charge in [0.15, 0.2) is 0 Å². The van der Waals surface area contributed by atoms with Crippen molar-refractivity contribution in [2.75, 3.05) is 0 Å². The zero-order chi connectivity index (χ0) is 13.9. The van der Waals surface area contributed by atoms with Crippen molar-refractivity contribution < 1.29 is 0 Å². The summed E-state index contributed by atoms with van der Waals surface area (Å²) in [5.41, 5.74) is 5.27. The van der Waals surface area contributed by atoms with Gasteiger partial charge in [0, 0.05) is 12.6 Å². The maximum absolute atomic E-state index is 5.71. The minimum Gasteiger partial charge on any atom is -0.271 e. The van der Waals surface area contributed by atoms with Gasteiger partial charge in [-0.15, -0.1) is 11.3 Å². The zero-order valence-electron chi connectivity index (χ0n) is 11.3. The molecule has 1 unspecified atom stereocenters. The van der Waals surface area contributed by atoms with Crippen LogP contribution in [0.1, 0.15) is 49.0 Å². The molecular weight excluding hydrogens is 383 g/mol. The van der Waals surface area contributed by atoms with E-state index in [-0.39, 0.29) is 6.04 Å². The summed E-state index contributed by atoms with van der Waals surface area (Å²) in [5, 5.41) is 6.90. The van der Waals surface area contributed by atoms with Crippen LogP contribution in [0.4, 0.5) is 0 Å². The molecule has 0 radical (unpaired) electrons. The van der Waals surface area contributed by atoms with Crippen LogP contribution < -0.4 is 11.3 Å². The molecule has 2 heterocycles. The van der Waals surface area contributed by atoms with Crippen molar-refractivity contribution >= 4 is 33.9 Å². The number of rotatable bonds is 5. The van der Waals surface area contributed by atoms with E-state index >= 15 is 0 Å². The molecule has 1 saturated carbocycles. The average molecular weight is 402 g/mol. The van der Waals surface area contributed by atoms with Gasteiger partial charge in [-0.3, -0.25) is 16.0 Å². The van der Waals surface area contributed by atoms with Crippen LogP contribution in [0, 0.1) is 2.88 Å². The first-order valence-electron chi connectivity index (χ1n) is 7.00. The fourth-order valence-corrected chi connectivity index (χ4v) is 4.27. The Morgan fingerprint density at radius 1 is 1.50 bits per heavy atom. The predicted octanol–water partition coefficient (Wildman–Crippen LogP) is 3.41. The Kier molecular flexibility index (Phi) is 4.75. The normalized spacial score (nSPS) is 17.7. The van der Waals surface area contributed by atoms with E-state index in [9.17, 15) is 0 Å². The number of nitrogens with two attached hydrogens (primary N) is 1. The van der Waals surface area contributed by atoms with E-state index in [0.717, 1.165) is 12.1 Å². The topological polar surface area (TPSA) is 55.9 Å². The minimum atomic E-state index is 0.140. The van der Waals surface area contributed by atoms with Crippen molar-refractivity contribution in [2.45, 2.75) is 44.2 Å². The third kappa shape index (κ3) is 3.24. The van der Waals surface area contributed by atoms with Crippen LogP contribution in [-0.2, 0) is 6.42 Å². The average Bonchev–Trinajstić information content (AvgIpc) is 3.16. The molecule has 3 rings (SSSR count). The second-order valence-electron chi connectivity index (χ2n) is 5.33. The van der Waals surface area contributed by atoms with Crippen LogP contribution in [0.2, 0.25) is 0 Å². The molecule has 4 nitrogen and oxygen atoms in total. The van der Waals surface area contributed by atoms with Gasteiger partial charge >= 0.3 is 0 Å². The van der Waals surface area contributed by atoms with Crippen LogP contribution in [-0.4, -0.2) is 9.78 Å². The molecule has 1 aliphatic rings. The van der Waals surface area contributed by atoms with Crippen LogP contribution in [0.15, 0.2) is 23.7 Å². The molecule has 0 saturated heterocycles. The second kappa shape index (κ2) is 6.55. The third-order valence-corrected chi connectivity index (χ3v) is 5.77. The molecule has 1 atom stereocenters. The van der Waals surface area contributed by atoms with Crippen molar-refractivity contribution in [1.82, 2.24) is 15.2 Å². The lowest BCUT2D eigenvalue weighted by Gasteiger charge is -2.13. The van der Waals surface area contributed by atoms with Gasteiger partial charge in [0.05, 0.1) is 20.7 Å². The Bertz CT molecular complexity index is 559. The highest BCUT2D eigenvalue weighted by molar-refractivity contribution is 14.1. The number of hydrazine groups is 1. The summed E-state index contributed by atoms with van der Waals surface area (Å²) in [6.07, 6.45) is 8.16. The standard InChI is InChI=1S/C14H19IN4S/c15-14-7-10(9-20-14)13(17-16)8-11-5-6-19(18-11)12-3-1-2-4-12/h5-7,9,12-13,17H,1-4,8,16H2. The molecule has 0 aromatic carbocycles. The van der Waals surface area contributed by atoms with Crippen molar-refractivity contribution in [3.63, 3.8) is 0 Å². The summed E-state index contributed by atoms with van der Waals surface area (Å²) < 4.78 is 3.43. The number of aromatic nitrogens is 2. The summed E-state index contributed by atoms with van der Waals surface area (Å²) in [5.74, 6) is 5.71. The lowest BCUT2D eigenvalue weighted by atomic mass is 10.1. The molecule has 2 aromatic heterocycles. The van der Waals surface area contributed by atoms with E-state index in [1.165, 1.54) is 34.1 Å². The molecule has 0 amide bonds.